The zero-order valence-electron chi connectivity index (χ0n) is 19.7. The van der Waals surface area contributed by atoms with Gasteiger partial charge in [0, 0.05) is 29.8 Å². The molecule has 0 saturated carbocycles. The van der Waals surface area contributed by atoms with Gasteiger partial charge in [0.15, 0.2) is 0 Å². The first-order chi connectivity index (χ1) is 17.4. The summed E-state index contributed by atoms with van der Waals surface area (Å²) >= 11 is 0. The molecule has 172 valence electrons. The summed E-state index contributed by atoms with van der Waals surface area (Å²) in [6, 6.07) is 37.7. The highest BCUT2D eigenvalue weighted by atomic mass is 15.4. The lowest BCUT2D eigenvalue weighted by atomic mass is 9.73. The molecule has 0 N–H and O–H groups in total. The molecule has 0 bridgehead atoms. The maximum Gasteiger partial charge on any atom is 0.113 e. The van der Waals surface area contributed by atoms with Crippen molar-refractivity contribution in [2.24, 2.45) is 0 Å². The van der Waals surface area contributed by atoms with Gasteiger partial charge in [-0.25, -0.2) is 4.68 Å². The Hall–Kier alpha value is -3.92. The Kier molecular flexibility index (Phi) is 4.90. The molecule has 3 unspecified atom stereocenters. The maximum absolute atomic E-state index is 4.78. The van der Waals surface area contributed by atoms with E-state index in [4.69, 9.17) is 5.21 Å². The summed E-state index contributed by atoms with van der Waals surface area (Å²) < 4.78 is 2.20. The molecule has 35 heavy (non-hydrogen) atoms. The van der Waals surface area contributed by atoms with Crippen molar-refractivity contribution in [1.29, 1.82) is 0 Å². The Bertz CT molecular complexity index is 1470. The summed E-state index contributed by atoms with van der Waals surface area (Å²) in [5.74, 6) is 0.238. The van der Waals surface area contributed by atoms with Gasteiger partial charge in [-0.3, -0.25) is 0 Å². The Balaban J connectivity index is 1.50. The first kappa shape index (κ1) is 20.5. The minimum atomic E-state index is 0.0720. The van der Waals surface area contributed by atoms with Crippen molar-refractivity contribution >= 4 is 16.7 Å². The number of aryl methyl sites for hydroxylation is 1. The van der Waals surface area contributed by atoms with Crippen LogP contribution in [0.2, 0.25) is 0 Å². The van der Waals surface area contributed by atoms with Gasteiger partial charge in [0.2, 0.25) is 0 Å². The van der Waals surface area contributed by atoms with Gasteiger partial charge in [-0.15, -0.1) is 5.10 Å². The molecular weight excluding hydrogens is 428 g/mol. The highest BCUT2D eigenvalue weighted by molar-refractivity contribution is 5.75. The zero-order chi connectivity index (χ0) is 23.2. The summed E-state index contributed by atoms with van der Waals surface area (Å²) in [7, 11) is 0. The summed E-state index contributed by atoms with van der Waals surface area (Å²) in [5, 5.41) is 9.36. The first-order valence-corrected chi connectivity index (χ1v) is 12.7. The number of anilines is 1. The number of para-hydroxylation sites is 2. The molecule has 0 radical (unpaired) electrons. The van der Waals surface area contributed by atoms with E-state index in [2.05, 4.69) is 112 Å². The van der Waals surface area contributed by atoms with Crippen molar-refractivity contribution in [2.45, 2.75) is 37.3 Å². The highest BCUT2D eigenvalue weighted by Gasteiger charge is 2.45. The minimum Gasteiger partial charge on any atom is -0.367 e. The van der Waals surface area contributed by atoms with E-state index in [1.54, 1.807) is 0 Å². The molecule has 0 fully saturated rings. The minimum absolute atomic E-state index is 0.0720. The number of hydrogen-bond donors (Lipinski definition) is 0. The molecule has 4 heteroatoms. The quantitative estimate of drug-likeness (QED) is 0.324. The molecular formula is C31H28N4. The average Bonchev–Trinajstić information content (AvgIpc) is 3.35. The van der Waals surface area contributed by atoms with E-state index in [9.17, 15) is 0 Å². The third-order valence-corrected chi connectivity index (χ3v) is 7.87. The van der Waals surface area contributed by atoms with Crippen LogP contribution in [0.3, 0.4) is 0 Å². The Labute approximate surface area is 205 Å². The number of nitrogens with zero attached hydrogens (tertiary/aromatic N) is 4. The lowest BCUT2D eigenvalue weighted by Gasteiger charge is -2.50. The van der Waals surface area contributed by atoms with Crippen LogP contribution in [0.25, 0.3) is 11.0 Å². The van der Waals surface area contributed by atoms with Crippen LogP contribution >= 0.6 is 0 Å². The lowest BCUT2D eigenvalue weighted by molar-refractivity contribution is 0.340. The molecule has 0 aliphatic carbocycles. The van der Waals surface area contributed by atoms with E-state index in [1.165, 1.54) is 34.4 Å². The number of aromatic nitrogens is 3. The standard InChI is InChI=1S/C31H28N4/c1-3-11-22(12-4-1)21-28-29(23-13-5-2-6-14-23)31(35-27-19-8-7-18-26(27)32-33-35)25-17-9-15-24-16-10-20-34(28)30(24)25/h1-9,11-15,17-19,28-29,31H,10,16,20-21H2. The predicted molar refractivity (Wildman–Crippen MR) is 141 cm³/mol. The Morgan fingerprint density at radius 3 is 2.40 bits per heavy atom. The van der Waals surface area contributed by atoms with Crippen LogP contribution in [-0.4, -0.2) is 27.6 Å². The Morgan fingerprint density at radius 1 is 0.771 bits per heavy atom. The average molecular weight is 457 g/mol. The van der Waals surface area contributed by atoms with Gasteiger partial charge in [0.1, 0.15) is 5.52 Å². The monoisotopic (exact) mass is 456 g/mol. The van der Waals surface area contributed by atoms with Gasteiger partial charge in [0.05, 0.1) is 11.6 Å². The van der Waals surface area contributed by atoms with Crippen LogP contribution in [0, 0.1) is 0 Å². The van der Waals surface area contributed by atoms with Crippen molar-refractivity contribution in [1.82, 2.24) is 15.0 Å². The molecule has 2 aliphatic heterocycles. The van der Waals surface area contributed by atoms with Crippen molar-refractivity contribution in [3.8, 4) is 0 Å². The largest absolute Gasteiger partial charge is 0.367 e. The fourth-order valence-electron chi connectivity index (χ4n) is 6.43. The van der Waals surface area contributed by atoms with E-state index in [1.807, 2.05) is 6.07 Å². The maximum atomic E-state index is 4.78. The van der Waals surface area contributed by atoms with Gasteiger partial charge in [0.25, 0.3) is 0 Å². The molecule has 0 amide bonds. The van der Waals surface area contributed by atoms with Gasteiger partial charge in [-0.05, 0) is 48.1 Å². The molecule has 3 atom stereocenters. The fraction of sp³-hybridized carbons (Fsp3) is 0.226. The van der Waals surface area contributed by atoms with Crippen LogP contribution < -0.4 is 4.90 Å². The second-order valence-electron chi connectivity index (χ2n) is 9.81. The zero-order valence-corrected chi connectivity index (χ0v) is 19.7. The molecule has 1 aromatic heterocycles. The van der Waals surface area contributed by atoms with E-state index >= 15 is 0 Å². The normalized spacial score (nSPS) is 21.1. The summed E-state index contributed by atoms with van der Waals surface area (Å²) in [4.78, 5) is 2.72. The second kappa shape index (κ2) is 8.38. The SMILES string of the molecule is c1ccc(CC2C(c3ccccc3)C(n3nnc4ccccc43)c3cccc4c3N2CCC4)cc1. The number of rotatable bonds is 4. The van der Waals surface area contributed by atoms with Crippen LogP contribution in [0.15, 0.2) is 103 Å². The Morgan fingerprint density at radius 2 is 1.54 bits per heavy atom. The molecule has 3 heterocycles. The smallest absolute Gasteiger partial charge is 0.113 e. The predicted octanol–water partition coefficient (Wildman–Crippen LogP) is 6.18. The lowest BCUT2D eigenvalue weighted by Crippen LogP contribution is -2.51. The number of hydrogen-bond acceptors (Lipinski definition) is 3. The third-order valence-electron chi connectivity index (χ3n) is 7.87. The van der Waals surface area contributed by atoms with E-state index in [-0.39, 0.29) is 12.0 Å². The molecule has 0 spiro atoms. The first-order valence-electron chi connectivity index (χ1n) is 12.7. The molecule has 5 aromatic rings. The molecule has 7 rings (SSSR count). The molecule has 4 nitrogen and oxygen atoms in total. The molecule has 0 saturated heterocycles. The van der Waals surface area contributed by atoms with Crippen LogP contribution in [-0.2, 0) is 12.8 Å². The summed E-state index contributed by atoms with van der Waals surface area (Å²) in [6.07, 6.45) is 3.33. The van der Waals surface area contributed by atoms with Gasteiger partial charge < -0.3 is 4.90 Å². The van der Waals surface area contributed by atoms with Crippen molar-refractivity contribution in [3.05, 3.63) is 125 Å². The van der Waals surface area contributed by atoms with Crippen LogP contribution in [0.1, 0.15) is 40.6 Å². The van der Waals surface area contributed by atoms with E-state index in [0.29, 0.717) is 6.04 Å². The topological polar surface area (TPSA) is 34.0 Å². The third kappa shape index (κ3) is 3.35. The van der Waals surface area contributed by atoms with Crippen molar-refractivity contribution < 1.29 is 0 Å². The molecule has 4 aromatic carbocycles. The molecule has 2 aliphatic rings. The van der Waals surface area contributed by atoms with Crippen LogP contribution in [0.4, 0.5) is 5.69 Å². The van der Waals surface area contributed by atoms with Gasteiger partial charge in [-0.2, -0.15) is 0 Å². The van der Waals surface area contributed by atoms with Crippen molar-refractivity contribution in [2.75, 3.05) is 11.4 Å². The van der Waals surface area contributed by atoms with Gasteiger partial charge >= 0.3 is 0 Å². The van der Waals surface area contributed by atoms with Crippen LogP contribution in [0.5, 0.6) is 0 Å². The van der Waals surface area contributed by atoms with Crippen molar-refractivity contribution in [3.63, 3.8) is 0 Å². The van der Waals surface area contributed by atoms with E-state index < -0.39 is 0 Å². The highest BCUT2D eigenvalue weighted by Crippen LogP contribution is 2.51. The summed E-state index contributed by atoms with van der Waals surface area (Å²) in [5.41, 5.74) is 9.05. The number of benzene rings is 4. The van der Waals surface area contributed by atoms with Gasteiger partial charge in [-0.1, -0.05) is 96.2 Å². The fourth-order valence-corrected chi connectivity index (χ4v) is 6.43. The second-order valence-corrected chi connectivity index (χ2v) is 9.81. The summed E-state index contributed by atoms with van der Waals surface area (Å²) in [6.45, 7) is 1.09. The number of fused-ring (bicyclic) bond motifs is 1. The van der Waals surface area contributed by atoms with E-state index in [0.717, 1.165) is 30.4 Å².